The van der Waals surface area contributed by atoms with Crippen molar-refractivity contribution in [3.05, 3.63) is 81.5 Å². The van der Waals surface area contributed by atoms with Crippen LogP contribution in [0.4, 0.5) is 0 Å². The molecule has 4 heterocycles. The zero-order valence-corrected chi connectivity index (χ0v) is 17.9. The van der Waals surface area contributed by atoms with E-state index < -0.39 is 0 Å². The van der Waals surface area contributed by atoms with Crippen LogP contribution in [0.25, 0.3) is 26.3 Å². The summed E-state index contributed by atoms with van der Waals surface area (Å²) in [4.78, 5) is 19.7. The highest BCUT2D eigenvalue weighted by molar-refractivity contribution is 7.98. The van der Waals surface area contributed by atoms with Gasteiger partial charge in [-0.15, -0.1) is 22.7 Å². The zero-order valence-electron chi connectivity index (χ0n) is 15.5. The minimum atomic E-state index is 0.0104. The Morgan fingerprint density at radius 1 is 1.10 bits per heavy atom. The van der Waals surface area contributed by atoms with Gasteiger partial charge in [0, 0.05) is 41.0 Å². The predicted molar refractivity (Wildman–Crippen MR) is 121 cm³/mol. The Morgan fingerprint density at radius 3 is 2.69 bits per heavy atom. The fourth-order valence-corrected chi connectivity index (χ4v) is 5.84. The summed E-state index contributed by atoms with van der Waals surface area (Å²) in [6.45, 7) is 0. The van der Waals surface area contributed by atoms with E-state index in [0.717, 1.165) is 31.9 Å². The van der Waals surface area contributed by atoms with Crippen LogP contribution in [0.3, 0.4) is 0 Å². The summed E-state index contributed by atoms with van der Waals surface area (Å²) < 4.78 is 3.49. The fourth-order valence-electron chi connectivity index (χ4n) is 3.11. The molecule has 0 aliphatic carbocycles. The average molecular weight is 437 g/mol. The van der Waals surface area contributed by atoms with Crippen molar-refractivity contribution in [1.29, 1.82) is 0 Å². The summed E-state index contributed by atoms with van der Waals surface area (Å²) in [7, 11) is 1.80. The average Bonchev–Trinajstić information content (AvgIpc) is 3.51. The molecular formula is C21H16N4OS3. The maximum Gasteiger partial charge on any atom is 0.263 e. The molecule has 0 fully saturated rings. The molecule has 1 aromatic carbocycles. The van der Waals surface area contributed by atoms with Gasteiger partial charge >= 0.3 is 0 Å². The summed E-state index contributed by atoms with van der Waals surface area (Å²) in [6, 6.07) is 14.2. The number of nitrogens with zero attached hydrogens (tertiary/aromatic N) is 4. The molecule has 0 aliphatic rings. The van der Waals surface area contributed by atoms with Crippen molar-refractivity contribution in [1.82, 2.24) is 19.3 Å². The van der Waals surface area contributed by atoms with Crippen molar-refractivity contribution in [2.45, 2.75) is 10.9 Å². The molecule has 0 amide bonds. The van der Waals surface area contributed by atoms with Gasteiger partial charge in [0.2, 0.25) is 0 Å². The quantitative estimate of drug-likeness (QED) is 0.281. The van der Waals surface area contributed by atoms with E-state index in [2.05, 4.69) is 17.2 Å². The van der Waals surface area contributed by atoms with E-state index in [1.807, 2.05) is 52.0 Å². The molecule has 5 nitrogen and oxygen atoms in total. The highest BCUT2D eigenvalue weighted by Crippen LogP contribution is 2.34. The molecule has 4 aromatic heterocycles. The van der Waals surface area contributed by atoms with Crippen molar-refractivity contribution >= 4 is 44.7 Å². The fraction of sp³-hybridized carbons (Fsp3) is 0.0952. The van der Waals surface area contributed by atoms with Gasteiger partial charge in [-0.05, 0) is 35.2 Å². The highest BCUT2D eigenvalue weighted by atomic mass is 32.2. The molecule has 0 saturated heterocycles. The van der Waals surface area contributed by atoms with E-state index in [0.29, 0.717) is 5.39 Å². The zero-order chi connectivity index (χ0) is 19.8. The molecule has 0 aliphatic heterocycles. The van der Waals surface area contributed by atoms with Gasteiger partial charge in [-0.2, -0.15) is 5.10 Å². The van der Waals surface area contributed by atoms with E-state index in [4.69, 9.17) is 4.98 Å². The number of thiophene rings is 2. The van der Waals surface area contributed by atoms with Crippen LogP contribution < -0.4 is 5.56 Å². The van der Waals surface area contributed by atoms with Crippen molar-refractivity contribution in [3.8, 4) is 16.1 Å². The van der Waals surface area contributed by atoms with Gasteiger partial charge in [0.1, 0.15) is 4.83 Å². The monoisotopic (exact) mass is 436 g/mol. The lowest BCUT2D eigenvalue weighted by atomic mass is 10.2. The lowest BCUT2D eigenvalue weighted by Gasteiger charge is -2.08. The van der Waals surface area contributed by atoms with E-state index >= 15 is 0 Å². The third kappa shape index (κ3) is 3.43. The lowest BCUT2D eigenvalue weighted by Crippen LogP contribution is -2.19. The molecule has 0 N–H and O–H groups in total. The van der Waals surface area contributed by atoms with Crippen molar-refractivity contribution in [3.63, 3.8) is 0 Å². The minimum Gasteiger partial charge on any atom is -0.290 e. The molecule has 0 spiro atoms. The molecule has 0 bridgehead atoms. The summed E-state index contributed by atoms with van der Waals surface area (Å²) in [6.07, 6.45) is 3.69. The van der Waals surface area contributed by atoms with Gasteiger partial charge in [0.05, 0.1) is 11.1 Å². The summed E-state index contributed by atoms with van der Waals surface area (Å²) in [5.74, 6) is 0.744. The number of benzene rings is 1. The predicted octanol–water partition coefficient (Wildman–Crippen LogP) is 5.20. The van der Waals surface area contributed by atoms with Gasteiger partial charge in [-0.25, -0.2) is 9.67 Å². The first kappa shape index (κ1) is 18.4. The van der Waals surface area contributed by atoms with Crippen molar-refractivity contribution in [2.75, 3.05) is 0 Å². The molecule has 144 valence electrons. The van der Waals surface area contributed by atoms with Crippen LogP contribution in [0.1, 0.15) is 5.56 Å². The Labute approximate surface area is 179 Å². The molecular weight excluding hydrogens is 420 g/mol. The Kier molecular flexibility index (Phi) is 4.83. The van der Waals surface area contributed by atoms with Gasteiger partial charge in [0.15, 0.2) is 5.16 Å². The molecule has 5 rings (SSSR count). The second-order valence-electron chi connectivity index (χ2n) is 6.47. The summed E-state index contributed by atoms with van der Waals surface area (Å²) in [5.41, 5.74) is 3.19. The standard InChI is InChI=1S/C21H16N4OS3/c1-24-20(26)18-16(17-4-2-11-27-17)13-28-19(18)23-21(24)29-12-14-5-7-15(8-6-14)25-10-3-9-22-25/h2-11,13H,12H2,1H3. The third-order valence-corrected chi connectivity index (χ3v) is 7.51. The molecule has 0 atom stereocenters. The molecule has 5 aromatic rings. The summed E-state index contributed by atoms with van der Waals surface area (Å²) in [5, 5.41) is 9.76. The molecule has 29 heavy (non-hydrogen) atoms. The van der Waals surface area contributed by atoms with Crippen LogP contribution >= 0.6 is 34.4 Å². The molecule has 0 radical (unpaired) electrons. The number of thioether (sulfide) groups is 1. The van der Waals surface area contributed by atoms with Crippen LogP contribution in [-0.4, -0.2) is 19.3 Å². The summed E-state index contributed by atoms with van der Waals surface area (Å²) >= 11 is 4.75. The van der Waals surface area contributed by atoms with E-state index in [9.17, 15) is 4.79 Å². The maximum atomic E-state index is 13.0. The van der Waals surface area contributed by atoms with Gasteiger partial charge in [-0.3, -0.25) is 9.36 Å². The number of hydrogen-bond acceptors (Lipinski definition) is 6. The van der Waals surface area contributed by atoms with Crippen LogP contribution in [0.2, 0.25) is 0 Å². The second-order valence-corrected chi connectivity index (χ2v) is 9.22. The van der Waals surface area contributed by atoms with Gasteiger partial charge < -0.3 is 0 Å². The van der Waals surface area contributed by atoms with Crippen LogP contribution in [0.5, 0.6) is 0 Å². The Morgan fingerprint density at radius 2 is 1.97 bits per heavy atom. The third-order valence-electron chi connectivity index (χ3n) is 4.63. The Hall–Kier alpha value is -2.68. The van der Waals surface area contributed by atoms with E-state index in [1.54, 1.807) is 40.9 Å². The van der Waals surface area contributed by atoms with E-state index in [-0.39, 0.29) is 5.56 Å². The Balaban J connectivity index is 1.41. The van der Waals surface area contributed by atoms with Gasteiger partial charge in [0.25, 0.3) is 5.56 Å². The molecule has 8 heteroatoms. The highest BCUT2D eigenvalue weighted by Gasteiger charge is 2.16. The lowest BCUT2D eigenvalue weighted by molar-refractivity contribution is 0.728. The molecule has 0 unspecified atom stereocenters. The smallest absolute Gasteiger partial charge is 0.263 e. The second kappa shape index (κ2) is 7.62. The number of rotatable bonds is 5. The Bertz CT molecular complexity index is 1320. The van der Waals surface area contributed by atoms with Crippen LogP contribution in [-0.2, 0) is 12.8 Å². The largest absolute Gasteiger partial charge is 0.290 e. The first-order valence-electron chi connectivity index (χ1n) is 8.94. The topological polar surface area (TPSA) is 52.7 Å². The first-order chi connectivity index (χ1) is 14.2. The van der Waals surface area contributed by atoms with E-state index in [1.165, 1.54) is 16.9 Å². The number of aromatic nitrogens is 4. The SMILES string of the molecule is Cn1c(SCc2ccc(-n3cccn3)cc2)nc2scc(-c3cccs3)c2c1=O. The van der Waals surface area contributed by atoms with Crippen LogP contribution in [0.15, 0.2) is 75.6 Å². The maximum absolute atomic E-state index is 13.0. The first-order valence-corrected chi connectivity index (χ1v) is 11.7. The number of fused-ring (bicyclic) bond motifs is 1. The minimum absolute atomic E-state index is 0.0104. The van der Waals surface area contributed by atoms with Crippen molar-refractivity contribution < 1.29 is 0 Å². The molecule has 0 saturated carbocycles. The van der Waals surface area contributed by atoms with Crippen molar-refractivity contribution in [2.24, 2.45) is 7.05 Å². The van der Waals surface area contributed by atoms with Gasteiger partial charge in [-0.1, -0.05) is 30.0 Å². The number of hydrogen-bond donors (Lipinski definition) is 0. The normalized spacial score (nSPS) is 11.3. The van der Waals surface area contributed by atoms with Crippen LogP contribution in [0, 0.1) is 0 Å².